The minimum Gasteiger partial charge on any atom is -0.549 e. The van der Waals surface area contributed by atoms with Gasteiger partial charge in [0.25, 0.3) is 5.91 Å². The van der Waals surface area contributed by atoms with Crippen LogP contribution in [0.2, 0.25) is 5.02 Å². The molecule has 0 aromatic heterocycles. The molecule has 1 unspecified atom stereocenters. The van der Waals surface area contributed by atoms with Crippen molar-refractivity contribution in [3.8, 4) is 17.2 Å². The Morgan fingerprint density at radius 3 is 2.51 bits per heavy atom. The molecule has 3 aromatic carbocycles. The van der Waals surface area contributed by atoms with Crippen LogP contribution in [-0.4, -0.2) is 31.3 Å². The third-order valence-corrected chi connectivity index (χ3v) is 6.63. The van der Waals surface area contributed by atoms with Gasteiger partial charge in [0.05, 0.1) is 11.6 Å². The van der Waals surface area contributed by atoms with Crippen LogP contribution >= 0.6 is 23.4 Å². The van der Waals surface area contributed by atoms with Gasteiger partial charge in [0, 0.05) is 40.5 Å². The van der Waals surface area contributed by atoms with Gasteiger partial charge in [-0.1, -0.05) is 23.7 Å². The molecule has 0 saturated carbocycles. The maximum absolute atomic E-state index is 12.5. The smallest absolute Gasteiger partial charge is 0.549 e. The van der Waals surface area contributed by atoms with Gasteiger partial charge in [-0.2, -0.15) is 0 Å². The number of nitrogens with one attached hydrogen (secondary N) is 1. The van der Waals surface area contributed by atoms with Crippen LogP contribution in [-0.2, 0) is 11.2 Å². The zero-order valence-electron chi connectivity index (χ0n) is 19.5. The normalized spacial score (nSPS) is 14.2. The summed E-state index contributed by atoms with van der Waals surface area (Å²) in [6, 6.07) is 18.1. The summed E-state index contributed by atoms with van der Waals surface area (Å²) in [5.74, 6) is -0.845. The second kappa shape index (κ2) is 12.7. The number of rotatable bonds is 8. The number of halogens is 1. The first-order valence-electron chi connectivity index (χ1n) is 10.8. The molecular formula is C26H23ClNNaO5S. The van der Waals surface area contributed by atoms with Gasteiger partial charge in [-0.25, -0.2) is 0 Å². The monoisotopic (exact) mass is 519 g/mol. The Labute approximate surface area is 235 Å². The van der Waals surface area contributed by atoms with Gasteiger partial charge >= 0.3 is 29.6 Å². The molecule has 3 aromatic rings. The van der Waals surface area contributed by atoms with Gasteiger partial charge in [0.15, 0.2) is 0 Å². The summed E-state index contributed by atoms with van der Waals surface area (Å²) < 4.78 is 11.4. The van der Waals surface area contributed by atoms with Crippen molar-refractivity contribution in [2.45, 2.75) is 23.7 Å². The topological polar surface area (TPSA) is 87.7 Å². The van der Waals surface area contributed by atoms with Crippen molar-refractivity contribution in [3.05, 3.63) is 82.4 Å². The number of aliphatic carboxylic acids is 1. The minimum absolute atomic E-state index is 0. The molecular weight excluding hydrogens is 497 g/mol. The summed E-state index contributed by atoms with van der Waals surface area (Å²) in [6.07, 6.45) is 3.12. The summed E-state index contributed by atoms with van der Waals surface area (Å²) >= 11 is 8.02. The Kier molecular flexibility index (Phi) is 9.95. The zero-order chi connectivity index (χ0) is 24.1. The molecule has 0 aliphatic carbocycles. The van der Waals surface area contributed by atoms with E-state index in [9.17, 15) is 14.7 Å². The van der Waals surface area contributed by atoms with E-state index in [0.29, 0.717) is 41.3 Å². The maximum atomic E-state index is 12.5. The summed E-state index contributed by atoms with van der Waals surface area (Å²) in [5, 5.41) is 14.6. The first-order valence-corrected chi connectivity index (χ1v) is 12.4. The van der Waals surface area contributed by atoms with Crippen LogP contribution in [0.25, 0.3) is 0 Å². The van der Waals surface area contributed by atoms with Crippen LogP contribution < -0.4 is 49.5 Å². The second-order valence-electron chi connectivity index (χ2n) is 7.81. The fourth-order valence-electron chi connectivity index (χ4n) is 3.73. The van der Waals surface area contributed by atoms with Crippen molar-refractivity contribution in [2.75, 3.05) is 19.4 Å². The molecule has 0 spiro atoms. The van der Waals surface area contributed by atoms with Crippen LogP contribution in [0.5, 0.6) is 17.2 Å². The van der Waals surface area contributed by atoms with Crippen LogP contribution in [0.1, 0.15) is 33.8 Å². The van der Waals surface area contributed by atoms with Crippen molar-refractivity contribution in [1.29, 1.82) is 0 Å². The Balaban J connectivity index is 0.00000342. The Bertz CT molecular complexity index is 1190. The average molecular weight is 520 g/mol. The number of carbonyl (C=O) groups excluding carboxylic acids is 2. The van der Waals surface area contributed by atoms with Crippen molar-refractivity contribution >= 4 is 35.2 Å². The number of ether oxygens (including phenoxy) is 2. The van der Waals surface area contributed by atoms with Gasteiger partial charge in [-0.15, -0.1) is 11.8 Å². The zero-order valence-corrected chi connectivity index (χ0v) is 23.1. The van der Waals surface area contributed by atoms with E-state index in [1.54, 1.807) is 48.2 Å². The molecule has 0 radical (unpaired) electrons. The van der Waals surface area contributed by atoms with Crippen LogP contribution in [0.4, 0.5) is 0 Å². The van der Waals surface area contributed by atoms with Crippen LogP contribution in [0.3, 0.4) is 0 Å². The summed E-state index contributed by atoms with van der Waals surface area (Å²) in [6.45, 7) is 0.812. The predicted octanol–water partition coefficient (Wildman–Crippen LogP) is 1.45. The van der Waals surface area contributed by atoms with Gasteiger partial charge < -0.3 is 24.7 Å². The molecule has 1 amide bonds. The molecule has 9 heteroatoms. The van der Waals surface area contributed by atoms with Crippen molar-refractivity contribution < 1.29 is 53.7 Å². The number of carboxylic acids is 1. The van der Waals surface area contributed by atoms with E-state index in [2.05, 4.69) is 29.6 Å². The predicted molar refractivity (Wildman–Crippen MR) is 130 cm³/mol. The van der Waals surface area contributed by atoms with Crippen molar-refractivity contribution in [3.63, 3.8) is 0 Å². The number of carbonyl (C=O) groups is 2. The Hall–Kier alpha value is -2.16. The van der Waals surface area contributed by atoms with E-state index in [4.69, 9.17) is 21.1 Å². The Morgan fingerprint density at radius 2 is 1.86 bits per heavy atom. The SMILES string of the molecule is CSc1ccc(CCNC(=O)c2ccc(Oc3cc4c(cc3Cl)C(C(=O)[O-])CCO4)cc2)cc1.[Na+]. The molecule has 1 aliphatic heterocycles. The molecule has 35 heavy (non-hydrogen) atoms. The average Bonchev–Trinajstić information content (AvgIpc) is 2.85. The molecule has 4 rings (SSSR count). The maximum Gasteiger partial charge on any atom is 1.00 e. The van der Waals surface area contributed by atoms with Crippen molar-refractivity contribution in [1.82, 2.24) is 5.32 Å². The molecule has 1 aliphatic rings. The van der Waals surface area contributed by atoms with Gasteiger partial charge in [0.2, 0.25) is 0 Å². The number of amides is 1. The fourth-order valence-corrected chi connectivity index (χ4v) is 4.35. The molecule has 1 N–H and O–H groups in total. The number of hydrogen-bond donors (Lipinski definition) is 1. The molecule has 0 bridgehead atoms. The van der Waals surface area contributed by atoms with E-state index >= 15 is 0 Å². The van der Waals surface area contributed by atoms with Crippen LogP contribution in [0.15, 0.2) is 65.6 Å². The first kappa shape index (κ1) is 27.4. The number of hydrogen-bond acceptors (Lipinski definition) is 6. The number of thioether (sulfide) groups is 1. The largest absolute Gasteiger partial charge is 1.00 e. The van der Waals surface area contributed by atoms with E-state index in [1.165, 1.54) is 10.5 Å². The van der Waals surface area contributed by atoms with Gasteiger partial charge in [-0.05, 0) is 67.1 Å². The third kappa shape index (κ3) is 6.96. The molecule has 1 atom stereocenters. The van der Waals surface area contributed by atoms with Gasteiger partial charge in [0.1, 0.15) is 17.2 Å². The van der Waals surface area contributed by atoms with E-state index in [1.807, 2.05) is 6.26 Å². The fraction of sp³-hybridized carbons (Fsp3) is 0.231. The summed E-state index contributed by atoms with van der Waals surface area (Å²) in [7, 11) is 0. The first-order chi connectivity index (χ1) is 16.4. The Morgan fingerprint density at radius 1 is 1.14 bits per heavy atom. The minimum atomic E-state index is -1.16. The third-order valence-electron chi connectivity index (χ3n) is 5.59. The standard InChI is InChI=1S/C26H24ClNO5S.Na/c1-34-19-8-2-16(3-9-19)10-12-28-25(29)17-4-6-18(7-5-17)33-24-15-23-21(14-22(24)27)20(26(30)31)11-13-32-23;/h2-9,14-15,20H,10-13H2,1H3,(H,28,29)(H,30,31);/q;+1/p-1. The van der Waals surface area contributed by atoms with E-state index < -0.39 is 11.9 Å². The van der Waals surface area contributed by atoms with Crippen LogP contribution in [0, 0.1) is 0 Å². The van der Waals surface area contributed by atoms with Gasteiger partial charge in [-0.3, -0.25) is 4.79 Å². The number of carboxylic acid groups (broad SMARTS) is 1. The molecule has 0 saturated heterocycles. The summed E-state index contributed by atoms with van der Waals surface area (Å²) in [4.78, 5) is 25.0. The van der Waals surface area contributed by atoms with E-state index in [0.717, 1.165) is 6.42 Å². The molecule has 1 heterocycles. The molecule has 6 nitrogen and oxygen atoms in total. The second-order valence-corrected chi connectivity index (χ2v) is 9.10. The summed E-state index contributed by atoms with van der Waals surface area (Å²) in [5.41, 5.74) is 2.16. The quantitative estimate of drug-likeness (QED) is 0.358. The van der Waals surface area contributed by atoms with Crippen molar-refractivity contribution in [2.24, 2.45) is 0 Å². The number of fused-ring (bicyclic) bond motifs is 1. The van der Waals surface area contributed by atoms with E-state index in [-0.39, 0.29) is 47.1 Å². The molecule has 176 valence electrons. The number of benzene rings is 3. The molecule has 0 fully saturated rings.